The van der Waals surface area contributed by atoms with Crippen LogP contribution in [0, 0.1) is 5.82 Å². The molecule has 17 heavy (non-hydrogen) atoms. The van der Waals surface area contributed by atoms with Gasteiger partial charge in [-0.25, -0.2) is 4.39 Å². The predicted octanol–water partition coefficient (Wildman–Crippen LogP) is 4.37. The minimum Gasteiger partial charge on any atom is -0.377 e. The molecule has 4 heteroatoms. The zero-order chi connectivity index (χ0) is 13.1. The monoisotopic (exact) mass is 318 g/mol. The van der Waals surface area contributed by atoms with Crippen LogP contribution in [0.3, 0.4) is 0 Å². The van der Waals surface area contributed by atoms with Gasteiger partial charge in [0.2, 0.25) is 0 Å². The minimum atomic E-state index is -0.730. The lowest BCUT2D eigenvalue weighted by atomic mass is 10.2. The van der Waals surface area contributed by atoms with Crippen LogP contribution < -0.4 is 0 Å². The summed E-state index contributed by atoms with van der Waals surface area (Å²) < 4.78 is 19.5. The van der Waals surface area contributed by atoms with E-state index < -0.39 is 8.80 Å². The van der Waals surface area contributed by atoms with Crippen LogP contribution in [0.1, 0.15) is 19.4 Å². The standard InChI is InChI=1S/C13H20BrFOSi/c1-13(2,17(3)4)9-16-8-10-5-6-11(14)12(15)7-10/h5-7,17H,8-9H2,1-4H3. The normalized spacial score (nSPS) is 12.2. The van der Waals surface area contributed by atoms with Gasteiger partial charge in [0.1, 0.15) is 5.82 Å². The van der Waals surface area contributed by atoms with Gasteiger partial charge in [0, 0.05) is 15.4 Å². The Hall–Kier alpha value is -0.193. The van der Waals surface area contributed by atoms with E-state index in [0.717, 1.165) is 12.2 Å². The van der Waals surface area contributed by atoms with Gasteiger partial charge in [0.15, 0.2) is 0 Å². The molecule has 0 unspecified atom stereocenters. The lowest BCUT2D eigenvalue weighted by Gasteiger charge is -2.27. The van der Waals surface area contributed by atoms with E-state index in [1.807, 2.05) is 6.07 Å². The van der Waals surface area contributed by atoms with Crippen LogP contribution in [0.15, 0.2) is 22.7 Å². The fraction of sp³-hybridized carbons (Fsp3) is 0.538. The second-order valence-electron chi connectivity index (χ2n) is 5.38. The number of rotatable bonds is 5. The molecule has 0 bridgehead atoms. The van der Waals surface area contributed by atoms with Gasteiger partial charge in [-0.2, -0.15) is 0 Å². The smallest absolute Gasteiger partial charge is 0.137 e. The van der Waals surface area contributed by atoms with Gasteiger partial charge >= 0.3 is 0 Å². The molecule has 0 amide bonds. The molecule has 0 heterocycles. The summed E-state index contributed by atoms with van der Waals surface area (Å²) in [4.78, 5) is 0. The molecular weight excluding hydrogens is 299 g/mol. The Morgan fingerprint density at radius 1 is 1.35 bits per heavy atom. The molecule has 0 aliphatic rings. The number of hydrogen-bond donors (Lipinski definition) is 0. The van der Waals surface area contributed by atoms with Crippen molar-refractivity contribution in [3.05, 3.63) is 34.1 Å². The third-order valence-electron chi connectivity index (χ3n) is 3.29. The highest BCUT2D eigenvalue weighted by Gasteiger charge is 2.23. The van der Waals surface area contributed by atoms with Crippen LogP contribution >= 0.6 is 15.9 Å². The van der Waals surface area contributed by atoms with E-state index in [0.29, 0.717) is 11.1 Å². The lowest BCUT2D eigenvalue weighted by Crippen LogP contribution is -2.26. The average molecular weight is 319 g/mol. The van der Waals surface area contributed by atoms with Crippen molar-refractivity contribution in [2.24, 2.45) is 0 Å². The Morgan fingerprint density at radius 3 is 2.53 bits per heavy atom. The molecule has 0 aliphatic heterocycles. The molecule has 0 aromatic heterocycles. The average Bonchev–Trinajstić information content (AvgIpc) is 2.23. The second-order valence-corrected chi connectivity index (χ2v) is 10.1. The Kier molecular flexibility index (Phi) is 5.35. The minimum absolute atomic E-state index is 0.233. The molecule has 1 aromatic rings. The number of ether oxygens (including phenoxy) is 1. The fourth-order valence-electron chi connectivity index (χ4n) is 1.23. The van der Waals surface area contributed by atoms with Crippen molar-refractivity contribution in [1.29, 1.82) is 0 Å². The second kappa shape index (κ2) is 6.11. The molecule has 0 N–H and O–H groups in total. The van der Waals surface area contributed by atoms with E-state index >= 15 is 0 Å². The Balaban J connectivity index is 2.49. The molecule has 0 atom stereocenters. The molecule has 0 spiro atoms. The summed E-state index contributed by atoms with van der Waals surface area (Å²) in [7, 11) is -0.730. The molecule has 0 aliphatic carbocycles. The van der Waals surface area contributed by atoms with Crippen LogP contribution in [0.4, 0.5) is 4.39 Å². The van der Waals surface area contributed by atoms with Gasteiger partial charge < -0.3 is 4.74 Å². The van der Waals surface area contributed by atoms with Crippen molar-refractivity contribution in [1.82, 2.24) is 0 Å². The highest BCUT2D eigenvalue weighted by molar-refractivity contribution is 9.10. The molecule has 1 rings (SSSR count). The summed E-state index contributed by atoms with van der Waals surface area (Å²) in [6.07, 6.45) is 0. The van der Waals surface area contributed by atoms with Crippen molar-refractivity contribution in [2.45, 2.75) is 38.6 Å². The van der Waals surface area contributed by atoms with Crippen molar-refractivity contribution in [3.8, 4) is 0 Å². The summed E-state index contributed by atoms with van der Waals surface area (Å²) in [6, 6.07) is 5.12. The number of hydrogen-bond acceptors (Lipinski definition) is 1. The third kappa shape index (κ3) is 4.52. The molecule has 0 saturated heterocycles. The van der Waals surface area contributed by atoms with Gasteiger partial charge in [-0.3, -0.25) is 0 Å². The van der Waals surface area contributed by atoms with Crippen LogP contribution in [0.25, 0.3) is 0 Å². The van der Waals surface area contributed by atoms with E-state index in [1.165, 1.54) is 6.07 Å². The summed E-state index contributed by atoms with van der Waals surface area (Å²) in [5.41, 5.74) is 0.881. The maximum absolute atomic E-state index is 13.3. The van der Waals surface area contributed by atoms with Crippen molar-refractivity contribution in [2.75, 3.05) is 6.61 Å². The van der Waals surface area contributed by atoms with Crippen LogP contribution in [-0.4, -0.2) is 15.4 Å². The van der Waals surface area contributed by atoms with Crippen LogP contribution in [-0.2, 0) is 11.3 Å². The quantitative estimate of drug-likeness (QED) is 0.732. The predicted molar refractivity (Wildman–Crippen MR) is 76.7 cm³/mol. The van der Waals surface area contributed by atoms with E-state index in [-0.39, 0.29) is 10.9 Å². The van der Waals surface area contributed by atoms with E-state index in [9.17, 15) is 4.39 Å². The Labute approximate surface area is 113 Å². The highest BCUT2D eigenvalue weighted by Crippen LogP contribution is 2.28. The number of benzene rings is 1. The van der Waals surface area contributed by atoms with Gasteiger partial charge in [-0.1, -0.05) is 33.0 Å². The van der Waals surface area contributed by atoms with Gasteiger partial charge in [0.05, 0.1) is 11.1 Å². The van der Waals surface area contributed by atoms with Gasteiger partial charge in [-0.15, -0.1) is 0 Å². The van der Waals surface area contributed by atoms with Gasteiger partial charge in [-0.05, 0) is 38.7 Å². The maximum atomic E-state index is 13.3. The number of halogens is 2. The molecule has 0 radical (unpaired) electrons. The van der Waals surface area contributed by atoms with Crippen LogP contribution in [0.2, 0.25) is 18.1 Å². The topological polar surface area (TPSA) is 9.23 Å². The van der Waals surface area contributed by atoms with Crippen molar-refractivity contribution < 1.29 is 9.13 Å². The van der Waals surface area contributed by atoms with Crippen molar-refractivity contribution in [3.63, 3.8) is 0 Å². The lowest BCUT2D eigenvalue weighted by molar-refractivity contribution is 0.100. The SMILES string of the molecule is C[SiH](C)C(C)(C)COCc1ccc(Br)c(F)c1. The fourth-order valence-corrected chi connectivity index (χ4v) is 1.93. The first-order chi connectivity index (χ1) is 7.83. The Bertz CT molecular complexity index is 380. The van der Waals surface area contributed by atoms with E-state index in [2.05, 4.69) is 42.9 Å². The zero-order valence-electron chi connectivity index (χ0n) is 10.9. The highest BCUT2D eigenvalue weighted by atomic mass is 79.9. The largest absolute Gasteiger partial charge is 0.377 e. The molecular formula is C13H20BrFOSi. The molecule has 0 saturated carbocycles. The molecule has 1 nitrogen and oxygen atoms in total. The summed E-state index contributed by atoms with van der Waals surface area (Å²) >= 11 is 3.14. The van der Waals surface area contributed by atoms with Crippen molar-refractivity contribution >= 4 is 24.7 Å². The van der Waals surface area contributed by atoms with Gasteiger partial charge in [0.25, 0.3) is 0 Å². The first-order valence-corrected chi connectivity index (χ1v) is 9.52. The summed E-state index contributed by atoms with van der Waals surface area (Å²) in [5, 5.41) is 0.286. The third-order valence-corrected chi connectivity index (χ3v) is 7.23. The molecule has 0 fully saturated rings. The van der Waals surface area contributed by atoms with E-state index in [1.54, 1.807) is 6.07 Å². The first-order valence-electron chi connectivity index (χ1n) is 5.84. The van der Waals surface area contributed by atoms with E-state index in [4.69, 9.17) is 4.74 Å². The summed E-state index contributed by atoms with van der Waals surface area (Å²) in [5.74, 6) is -0.233. The molecule has 96 valence electrons. The van der Waals surface area contributed by atoms with Crippen LogP contribution in [0.5, 0.6) is 0 Å². The summed E-state index contributed by atoms with van der Waals surface area (Å²) in [6.45, 7) is 10.4. The Morgan fingerprint density at radius 2 is 2.00 bits per heavy atom. The maximum Gasteiger partial charge on any atom is 0.137 e. The first kappa shape index (κ1) is 14.9. The zero-order valence-corrected chi connectivity index (χ0v) is 13.6. The molecule has 1 aromatic carbocycles.